The molecule has 1 aromatic rings. The number of anilines is 2. The molecular formula is C12H24N4O2. The molecule has 0 saturated heterocycles. The van der Waals surface area contributed by atoms with Gasteiger partial charge in [-0.2, -0.15) is 0 Å². The van der Waals surface area contributed by atoms with Crippen molar-refractivity contribution < 1.29 is 0 Å². The molecule has 0 aliphatic rings. The number of H-pyrrole nitrogens is 2. The molecule has 0 bridgehead atoms. The molecule has 1 aromatic heterocycles. The van der Waals surface area contributed by atoms with Crippen molar-refractivity contribution in [3.8, 4) is 0 Å². The molecule has 1 rings (SSSR count). The number of hydrogen-bond acceptors (Lipinski definition) is 4. The Morgan fingerprint density at radius 3 is 2.06 bits per heavy atom. The SMILES string of the molecule is CC.CCCCCNc1c(NC)c(=O)[nH][nH]c1=O. The van der Waals surface area contributed by atoms with E-state index in [9.17, 15) is 9.59 Å². The average molecular weight is 256 g/mol. The van der Waals surface area contributed by atoms with Crippen LogP contribution >= 0.6 is 0 Å². The molecule has 0 unspecified atom stereocenters. The fraction of sp³-hybridized carbons (Fsp3) is 0.667. The predicted octanol–water partition coefficient (Wildman–Crippen LogP) is 1.73. The van der Waals surface area contributed by atoms with Gasteiger partial charge in [-0.1, -0.05) is 33.6 Å². The van der Waals surface area contributed by atoms with Crippen LogP contribution in [0.4, 0.5) is 11.4 Å². The number of nitrogens with one attached hydrogen (secondary N) is 4. The van der Waals surface area contributed by atoms with Crippen molar-refractivity contribution >= 4 is 11.4 Å². The predicted molar refractivity (Wildman–Crippen MR) is 76.6 cm³/mol. The zero-order valence-corrected chi connectivity index (χ0v) is 11.6. The number of aromatic nitrogens is 2. The van der Waals surface area contributed by atoms with Gasteiger partial charge in [-0.3, -0.25) is 19.8 Å². The quantitative estimate of drug-likeness (QED) is 0.584. The van der Waals surface area contributed by atoms with Gasteiger partial charge < -0.3 is 10.6 Å². The lowest BCUT2D eigenvalue weighted by Crippen LogP contribution is -2.26. The molecule has 104 valence electrons. The second-order valence-electron chi connectivity index (χ2n) is 3.54. The average Bonchev–Trinajstić information content (AvgIpc) is 2.41. The van der Waals surface area contributed by atoms with Crippen LogP contribution in [0, 0.1) is 0 Å². The van der Waals surface area contributed by atoms with Crippen LogP contribution < -0.4 is 21.8 Å². The van der Waals surface area contributed by atoms with E-state index in [1.807, 2.05) is 13.8 Å². The van der Waals surface area contributed by atoms with Crippen molar-refractivity contribution in [1.29, 1.82) is 0 Å². The van der Waals surface area contributed by atoms with Gasteiger partial charge in [0.2, 0.25) is 0 Å². The summed E-state index contributed by atoms with van der Waals surface area (Å²) in [6.07, 6.45) is 3.20. The molecule has 18 heavy (non-hydrogen) atoms. The lowest BCUT2D eigenvalue weighted by Gasteiger charge is -2.08. The van der Waals surface area contributed by atoms with Crippen LogP contribution in [0.3, 0.4) is 0 Å². The maximum Gasteiger partial charge on any atom is 0.288 e. The lowest BCUT2D eigenvalue weighted by molar-refractivity contribution is 0.742. The van der Waals surface area contributed by atoms with Crippen molar-refractivity contribution in [1.82, 2.24) is 10.2 Å². The minimum Gasteiger partial charge on any atom is -0.382 e. The van der Waals surface area contributed by atoms with Gasteiger partial charge in [0.15, 0.2) is 0 Å². The molecule has 0 aliphatic carbocycles. The summed E-state index contributed by atoms with van der Waals surface area (Å²) < 4.78 is 0. The van der Waals surface area contributed by atoms with Crippen LogP contribution in [-0.4, -0.2) is 23.8 Å². The van der Waals surface area contributed by atoms with E-state index in [4.69, 9.17) is 0 Å². The standard InChI is InChI=1S/C10H18N4O2.C2H6/c1-3-4-5-6-12-8-7(11-2)9(15)13-14-10(8)16;1-2/h3-6H2,1-2H3,(H2,11,14,16)(H2,12,13,15);1-2H3. The Bertz CT molecular complexity index is 436. The van der Waals surface area contributed by atoms with Crippen LogP contribution in [0.5, 0.6) is 0 Å². The van der Waals surface area contributed by atoms with Crippen molar-refractivity contribution in [2.24, 2.45) is 0 Å². The highest BCUT2D eigenvalue weighted by atomic mass is 16.1. The molecule has 0 spiro atoms. The van der Waals surface area contributed by atoms with Crippen LogP contribution in [0.1, 0.15) is 40.0 Å². The van der Waals surface area contributed by atoms with Crippen LogP contribution in [0.15, 0.2) is 9.59 Å². The van der Waals surface area contributed by atoms with E-state index >= 15 is 0 Å². The minimum absolute atomic E-state index is 0.278. The third kappa shape index (κ3) is 4.65. The highest BCUT2D eigenvalue weighted by Crippen LogP contribution is 2.09. The zero-order valence-electron chi connectivity index (χ0n) is 11.6. The fourth-order valence-corrected chi connectivity index (χ4v) is 1.46. The molecule has 4 N–H and O–H groups in total. The molecule has 0 saturated carbocycles. The van der Waals surface area contributed by atoms with Gasteiger partial charge in [-0.15, -0.1) is 0 Å². The summed E-state index contributed by atoms with van der Waals surface area (Å²) in [6.45, 7) is 6.80. The van der Waals surface area contributed by atoms with Gasteiger partial charge in [-0.05, 0) is 6.42 Å². The Labute approximate surface area is 107 Å². The van der Waals surface area contributed by atoms with Crippen LogP contribution in [-0.2, 0) is 0 Å². The number of hydrogen-bond donors (Lipinski definition) is 4. The first-order chi connectivity index (χ1) is 8.70. The lowest BCUT2D eigenvalue weighted by atomic mass is 10.2. The van der Waals surface area contributed by atoms with Crippen LogP contribution in [0.25, 0.3) is 0 Å². The molecule has 0 amide bonds. The summed E-state index contributed by atoms with van der Waals surface area (Å²) in [5, 5.41) is 10.3. The second-order valence-corrected chi connectivity index (χ2v) is 3.54. The van der Waals surface area contributed by atoms with Gasteiger partial charge >= 0.3 is 0 Å². The molecule has 6 nitrogen and oxygen atoms in total. The van der Waals surface area contributed by atoms with Crippen molar-refractivity contribution in [2.45, 2.75) is 40.0 Å². The minimum atomic E-state index is -0.333. The first-order valence-corrected chi connectivity index (χ1v) is 6.47. The van der Waals surface area contributed by atoms with Gasteiger partial charge in [0.25, 0.3) is 11.1 Å². The Hall–Kier alpha value is -1.72. The smallest absolute Gasteiger partial charge is 0.288 e. The van der Waals surface area contributed by atoms with E-state index in [0.717, 1.165) is 19.3 Å². The molecule has 1 heterocycles. The van der Waals surface area contributed by atoms with E-state index in [2.05, 4.69) is 27.8 Å². The normalized spacial score (nSPS) is 9.33. The van der Waals surface area contributed by atoms with Gasteiger partial charge in [0, 0.05) is 13.6 Å². The summed E-state index contributed by atoms with van der Waals surface area (Å²) in [4.78, 5) is 22.9. The summed E-state index contributed by atoms with van der Waals surface area (Å²) >= 11 is 0. The summed E-state index contributed by atoms with van der Waals surface area (Å²) in [5.41, 5.74) is -0.0665. The summed E-state index contributed by atoms with van der Waals surface area (Å²) in [6, 6.07) is 0. The Balaban J connectivity index is 0.00000137. The van der Waals surface area contributed by atoms with E-state index in [1.54, 1.807) is 7.05 Å². The van der Waals surface area contributed by atoms with Crippen LogP contribution in [0.2, 0.25) is 0 Å². The summed E-state index contributed by atoms with van der Waals surface area (Å²) in [7, 11) is 1.61. The number of rotatable bonds is 6. The highest BCUT2D eigenvalue weighted by Gasteiger charge is 2.08. The molecule has 0 atom stereocenters. The molecular weight excluding hydrogens is 232 g/mol. The maximum atomic E-state index is 11.5. The molecule has 0 fully saturated rings. The monoisotopic (exact) mass is 256 g/mol. The number of aromatic amines is 2. The topological polar surface area (TPSA) is 89.8 Å². The van der Waals surface area contributed by atoms with E-state index in [-0.39, 0.29) is 16.8 Å². The molecule has 0 radical (unpaired) electrons. The van der Waals surface area contributed by atoms with E-state index in [1.165, 1.54) is 0 Å². The molecule has 0 aromatic carbocycles. The largest absolute Gasteiger partial charge is 0.382 e. The first kappa shape index (κ1) is 16.3. The summed E-state index contributed by atoms with van der Waals surface area (Å²) in [5.74, 6) is 0. The zero-order chi connectivity index (χ0) is 14.0. The Morgan fingerprint density at radius 2 is 1.56 bits per heavy atom. The van der Waals surface area contributed by atoms with Gasteiger partial charge in [0.1, 0.15) is 11.4 Å². The Kier molecular flexibility index (Phi) is 8.43. The van der Waals surface area contributed by atoms with E-state index < -0.39 is 0 Å². The maximum absolute atomic E-state index is 11.5. The number of unbranched alkanes of at least 4 members (excludes halogenated alkanes) is 2. The fourth-order valence-electron chi connectivity index (χ4n) is 1.46. The van der Waals surface area contributed by atoms with Crippen molar-refractivity contribution in [3.05, 3.63) is 20.7 Å². The Morgan fingerprint density at radius 1 is 1.00 bits per heavy atom. The van der Waals surface area contributed by atoms with E-state index in [0.29, 0.717) is 12.2 Å². The van der Waals surface area contributed by atoms with Crippen molar-refractivity contribution in [3.63, 3.8) is 0 Å². The second kappa shape index (κ2) is 9.32. The highest BCUT2D eigenvalue weighted by molar-refractivity contribution is 5.65. The molecule has 0 aliphatic heterocycles. The third-order valence-electron chi connectivity index (χ3n) is 2.33. The van der Waals surface area contributed by atoms with Gasteiger partial charge in [0.05, 0.1) is 0 Å². The first-order valence-electron chi connectivity index (χ1n) is 6.47. The van der Waals surface area contributed by atoms with Crippen molar-refractivity contribution in [2.75, 3.05) is 24.2 Å². The van der Waals surface area contributed by atoms with Gasteiger partial charge in [-0.25, -0.2) is 0 Å². The molecule has 6 heteroatoms. The third-order valence-corrected chi connectivity index (χ3v) is 2.33.